The molecule has 2 amide bonds. The lowest BCUT2D eigenvalue weighted by Gasteiger charge is -2.18. The van der Waals surface area contributed by atoms with Crippen LogP contribution in [0, 0.1) is 6.92 Å². The zero-order chi connectivity index (χ0) is 21.7. The smallest absolute Gasteiger partial charge is 0.252 e. The van der Waals surface area contributed by atoms with Gasteiger partial charge in [0.25, 0.3) is 15.9 Å². The van der Waals surface area contributed by atoms with Crippen LogP contribution >= 0.6 is 11.3 Å². The largest absolute Gasteiger partial charge is 0.347 e. The van der Waals surface area contributed by atoms with Crippen LogP contribution in [0.25, 0.3) is 0 Å². The maximum Gasteiger partial charge on any atom is 0.252 e. The summed E-state index contributed by atoms with van der Waals surface area (Å²) in [5.74, 6) is -0.487. The molecule has 0 atom stereocenters. The molecule has 162 valence electrons. The van der Waals surface area contributed by atoms with E-state index in [2.05, 4.69) is 10.6 Å². The van der Waals surface area contributed by atoms with Gasteiger partial charge in [0.05, 0.1) is 6.54 Å². The quantitative estimate of drug-likeness (QED) is 0.705. The lowest BCUT2D eigenvalue weighted by Crippen LogP contribution is -2.31. The van der Waals surface area contributed by atoms with Gasteiger partial charge in [-0.25, -0.2) is 8.42 Å². The number of hydrogen-bond acceptors (Lipinski definition) is 5. The SMILES string of the molecule is CC(=O)Nc1cc(C(=O)NCc2ccc(S(=O)(=O)N3CCCCCC3)s2)ccc1C. The summed E-state index contributed by atoms with van der Waals surface area (Å²) in [6, 6.07) is 8.47. The summed E-state index contributed by atoms with van der Waals surface area (Å²) in [6.45, 7) is 4.64. The van der Waals surface area contributed by atoms with Gasteiger partial charge in [-0.2, -0.15) is 4.31 Å². The van der Waals surface area contributed by atoms with E-state index in [-0.39, 0.29) is 18.4 Å². The number of carbonyl (C=O) groups excluding carboxylic acids is 2. The van der Waals surface area contributed by atoms with E-state index < -0.39 is 10.0 Å². The Morgan fingerprint density at radius 1 is 1.07 bits per heavy atom. The summed E-state index contributed by atoms with van der Waals surface area (Å²) >= 11 is 1.19. The van der Waals surface area contributed by atoms with Crippen molar-refractivity contribution in [3.05, 3.63) is 46.3 Å². The van der Waals surface area contributed by atoms with Crippen LogP contribution in [0.4, 0.5) is 5.69 Å². The molecule has 0 aliphatic carbocycles. The van der Waals surface area contributed by atoms with Gasteiger partial charge in [-0.1, -0.05) is 18.9 Å². The first-order valence-corrected chi connectivity index (χ1v) is 12.3. The monoisotopic (exact) mass is 449 g/mol. The number of anilines is 1. The number of rotatable bonds is 6. The average molecular weight is 450 g/mol. The van der Waals surface area contributed by atoms with Crippen LogP contribution in [0.1, 0.15) is 53.4 Å². The van der Waals surface area contributed by atoms with Crippen LogP contribution in [0.15, 0.2) is 34.5 Å². The van der Waals surface area contributed by atoms with Gasteiger partial charge in [0.2, 0.25) is 5.91 Å². The second-order valence-electron chi connectivity index (χ2n) is 7.43. The van der Waals surface area contributed by atoms with Crippen LogP contribution in [0.3, 0.4) is 0 Å². The molecule has 0 saturated carbocycles. The molecule has 1 aliphatic rings. The predicted molar refractivity (Wildman–Crippen MR) is 118 cm³/mol. The van der Waals surface area contributed by atoms with Crippen LogP contribution in [-0.2, 0) is 21.4 Å². The Kier molecular flexibility index (Phi) is 7.27. The highest BCUT2D eigenvalue weighted by Gasteiger charge is 2.26. The van der Waals surface area contributed by atoms with Gasteiger partial charge < -0.3 is 10.6 Å². The molecular weight excluding hydrogens is 422 g/mol. The number of hydrogen-bond donors (Lipinski definition) is 2. The molecule has 30 heavy (non-hydrogen) atoms. The Balaban J connectivity index is 1.65. The van der Waals surface area contributed by atoms with Crippen molar-refractivity contribution in [3.63, 3.8) is 0 Å². The van der Waals surface area contributed by atoms with E-state index in [0.29, 0.717) is 28.5 Å². The van der Waals surface area contributed by atoms with Gasteiger partial charge in [-0.05, 0) is 49.6 Å². The fourth-order valence-corrected chi connectivity index (χ4v) is 6.33. The van der Waals surface area contributed by atoms with Gasteiger partial charge in [-0.15, -0.1) is 11.3 Å². The van der Waals surface area contributed by atoms with Crippen molar-refractivity contribution in [2.24, 2.45) is 0 Å². The molecule has 0 radical (unpaired) electrons. The van der Waals surface area contributed by atoms with Gasteiger partial charge in [0.1, 0.15) is 4.21 Å². The number of sulfonamides is 1. The third kappa shape index (κ3) is 5.47. The van der Waals surface area contributed by atoms with Gasteiger partial charge in [0.15, 0.2) is 0 Å². The van der Waals surface area contributed by atoms with E-state index in [1.165, 1.54) is 18.3 Å². The summed E-state index contributed by atoms with van der Waals surface area (Å²) in [6.07, 6.45) is 3.92. The summed E-state index contributed by atoms with van der Waals surface area (Å²) in [5.41, 5.74) is 1.89. The number of carbonyl (C=O) groups is 2. The molecule has 1 aliphatic heterocycles. The highest BCUT2D eigenvalue weighted by molar-refractivity contribution is 7.91. The number of aryl methyl sites for hydroxylation is 1. The van der Waals surface area contributed by atoms with Crippen molar-refractivity contribution in [3.8, 4) is 0 Å². The summed E-state index contributed by atoms with van der Waals surface area (Å²) in [4.78, 5) is 24.6. The first-order chi connectivity index (χ1) is 14.3. The molecule has 3 rings (SSSR count). The van der Waals surface area contributed by atoms with E-state index in [0.717, 1.165) is 36.1 Å². The minimum atomic E-state index is -3.48. The third-order valence-electron chi connectivity index (χ3n) is 5.03. The number of nitrogens with zero attached hydrogens (tertiary/aromatic N) is 1. The Bertz CT molecular complexity index is 1020. The molecule has 0 bridgehead atoms. The standard InChI is InChI=1S/C21H27N3O4S2/c1-15-7-8-17(13-19(15)23-16(2)25)21(26)22-14-18-9-10-20(29-18)30(27,28)24-11-5-3-4-6-12-24/h7-10,13H,3-6,11-12,14H2,1-2H3,(H,22,26)(H,23,25). The fraction of sp³-hybridized carbons (Fsp3) is 0.429. The Morgan fingerprint density at radius 3 is 2.43 bits per heavy atom. The van der Waals surface area contributed by atoms with Crippen molar-refractivity contribution >= 4 is 38.9 Å². The summed E-state index contributed by atoms with van der Waals surface area (Å²) < 4.78 is 27.7. The third-order valence-corrected chi connectivity index (χ3v) is 8.48. The van der Waals surface area contributed by atoms with Gasteiger partial charge >= 0.3 is 0 Å². The first-order valence-electron chi connectivity index (χ1n) is 10.0. The molecular formula is C21H27N3O4S2. The average Bonchev–Trinajstić information content (AvgIpc) is 3.01. The lowest BCUT2D eigenvalue weighted by atomic mass is 10.1. The normalized spacial score (nSPS) is 15.4. The Morgan fingerprint density at radius 2 is 1.77 bits per heavy atom. The fourth-order valence-electron chi connectivity index (χ4n) is 3.36. The summed E-state index contributed by atoms with van der Waals surface area (Å²) in [7, 11) is -3.48. The zero-order valence-electron chi connectivity index (χ0n) is 17.2. The highest BCUT2D eigenvalue weighted by Crippen LogP contribution is 2.27. The Hall–Kier alpha value is -2.23. The van der Waals surface area contributed by atoms with E-state index in [9.17, 15) is 18.0 Å². The van der Waals surface area contributed by atoms with Crippen molar-refractivity contribution < 1.29 is 18.0 Å². The minimum absolute atomic E-state index is 0.201. The summed E-state index contributed by atoms with van der Waals surface area (Å²) in [5, 5.41) is 5.53. The molecule has 1 fully saturated rings. The second kappa shape index (κ2) is 9.72. The van der Waals surface area contributed by atoms with E-state index in [1.807, 2.05) is 6.92 Å². The van der Waals surface area contributed by atoms with E-state index in [4.69, 9.17) is 0 Å². The molecule has 2 heterocycles. The lowest BCUT2D eigenvalue weighted by molar-refractivity contribution is -0.114. The van der Waals surface area contributed by atoms with Gasteiger partial charge in [-0.3, -0.25) is 9.59 Å². The molecule has 1 saturated heterocycles. The molecule has 0 unspecified atom stereocenters. The predicted octanol–water partition coefficient (Wildman–Crippen LogP) is 3.51. The molecule has 7 nitrogen and oxygen atoms in total. The van der Waals surface area contributed by atoms with Crippen LogP contribution in [0.2, 0.25) is 0 Å². The maximum atomic E-state index is 12.9. The molecule has 2 aromatic rings. The van der Waals surface area contributed by atoms with E-state index in [1.54, 1.807) is 34.6 Å². The second-order valence-corrected chi connectivity index (χ2v) is 10.8. The molecule has 0 spiro atoms. The number of nitrogens with one attached hydrogen (secondary N) is 2. The maximum absolute atomic E-state index is 12.9. The number of thiophene rings is 1. The highest BCUT2D eigenvalue weighted by atomic mass is 32.2. The van der Waals surface area contributed by atoms with Crippen molar-refractivity contribution in [1.82, 2.24) is 9.62 Å². The van der Waals surface area contributed by atoms with Crippen molar-refractivity contribution in [2.45, 2.75) is 50.3 Å². The van der Waals surface area contributed by atoms with Gasteiger partial charge in [0, 0.05) is 36.1 Å². The molecule has 9 heteroatoms. The topological polar surface area (TPSA) is 95.6 Å². The van der Waals surface area contributed by atoms with Crippen LogP contribution < -0.4 is 10.6 Å². The van der Waals surface area contributed by atoms with Crippen LogP contribution in [0.5, 0.6) is 0 Å². The van der Waals surface area contributed by atoms with E-state index >= 15 is 0 Å². The minimum Gasteiger partial charge on any atom is -0.347 e. The molecule has 1 aromatic heterocycles. The first kappa shape index (κ1) is 22.5. The number of benzene rings is 1. The number of amides is 2. The van der Waals surface area contributed by atoms with Crippen molar-refractivity contribution in [1.29, 1.82) is 0 Å². The molecule has 1 aromatic carbocycles. The van der Waals surface area contributed by atoms with Crippen LogP contribution in [-0.4, -0.2) is 37.6 Å². The van der Waals surface area contributed by atoms with Crippen molar-refractivity contribution in [2.75, 3.05) is 18.4 Å². The molecule has 2 N–H and O–H groups in total. The Labute approximate surface area is 181 Å². The zero-order valence-corrected chi connectivity index (χ0v) is 18.9.